The van der Waals surface area contributed by atoms with Crippen LogP contribution in [0.1, 0.15) is 11.1 Å². The fraction of sp³-hybridized carbons (Fsp3) is 0.300. The van der Waals surface area contributed by atoms with E-state index in [2.05, 4.69) is 15.6 Å². The lowest BCUT2D eigenvalue weighted by atomic mass is 10.1. The number of nitrogens with zero attached hydrogens (tertiary/aromatic N) is 1. The van der Waals surface area contributed by atoms with Crippen molar-refractivity contribution in [3.63, 3.8) is 0 Å². The van der Waals surface area contributed by atoms with Crippen LogP contribution in [0.2, 0.25) is 0 Å². The van der Waals surface area contributed by atoms with Crippen LogP contribution in [0.5, 0.6) is 11.5 Å². The summed E-state index contributed by atoms with van der Waals surface area (Å²) in [6.45, 7) is 1.18. The van der Waals surface area contributed by atoms with Crippen LogP contribution in [0, 0.1) is 5.82 Å². The third-order valence-corrected chi connectivity index (χ3v) is 3.89. The van der Waals surface area contributed by atoms with Crippen LogP contribution in [0.4, 0.5) is 4.39 Å². The molecule has 0 atom stereocenters. The van der Waals surface area contributed by atoms with Crippen molar-refractivity contribution in [1.82, 2.24) is 10.6 Å². The molecule has 0 fully saturated rings. The highest BCUT2D eigenvalue weighted by molar-refractivity contribution is 14.0. The van der Waals surface area contributed by atoms with E-state index in [1.807, 2.05) is 12.1 Å². The molecule has 0 aliphatic rings. The second-order valence-electron chi connectivity index (χ2n) is 5.97. The van der Waals surface area contributed by atoms with Crippen molar-refractivity contribution in [2.24, 2.45) is 10.7 Å². The normalized spacial score (nSPS) is 10.7. The lowest BCUT2D eigenvalue weighted by Gasteiger charge is -2.09. The Balaban J connectivity index is 0.00000420. The van der Waals surface area contributed by atoms with Gasteiger partial charge in [-0.1, -0.05) is 18.2 Å². The highest BCUT2D eigenvalue weighted by atomic mass is 127. The van der Waals surface area contributed by atoms with Crippen molar-refractivity contribution >= 4 is 35.8 Å². The molecule has 0 radical (unpaired) electrons. The molecule has 9 heteroatoms. The summed E-state index contributed by atoms with van der Waals surface area (Å²) in [5, 5.41) is 5.67. The van der Waals surface area contributed by atoms with E-state index in [4.69, 9.17) is 15.2 Å². The molecule has 0 saturated heterocycles. The number of rotatable bonds is 9. The van der Waals surface area contributed by atoms with Gasteiger partial charge in [-0.3, -0.25) is 4.79 Å². The minimum atomic E-state index is -0.356. The number of hydrogen-bond acceptors (Lipinski definition) is 4. The SMILES string of the molecule is COc1ccc(CN=C(N)NCCNC(=O)Cc2cccc(F)c2)cc1OC.I. The van der Waals surface area contributed by atoms with Gasteiger partial charge in [-0.05, 0) is 35.4 Å². The molecule has 0 unspecified atom stereocenters. The number of methoxy groups -OCH3 is 2. The van der Waals surface area contributed by atoms with Gasteiger partial charge in [-0.2, -0.15) is 0 Å². The Morgan fingerprint density at radius 1 is 1.03 bits per heavy atom. The number of benzene rings is 2. The topological polar surface area (TPSA) is 98.0 Å². The summed E-state index contributed by atoms with van der Waals surface area (Å²) < 4.78 is 23.6. The highest BCUT2D eigenvalue weighted by Gasteiger charge is 2.05. The molecule has 29 heavy (non-hydrogen) atoms. The fourth-order valence-corrected chi connectivity index (χ4v) is 2.50. The van der Waals surface area contributed by atoms with Crippen LogP contribution in [-0.2, 0) is 17.8 Å². The Morgan fingerprint density at radius 2 is 1.76 bits per heavy atom. The fourth-order valence-electron chi connectivity index (χ4n) is 2.50. The molecular formula is C20H26FIN4O3. The van der Waals surface area contributed by atoms with Crippen LogP contribution >= 0.6 is 24.0 Å². The molecule has 0 aliphatic carbocycles. The van der Waals surface area contributed by atoms with Gasteiger partial charge in [0.1, 0.15) is 5.82 Å². The predicted octanol–water partition coefficient (Wildman–Crippen LogP) is 2.22. The molecule has 0 aromatic heterocycles. The van der Waals surface area contributed by atoms with E-state index in [0.717, 1.165) is 5.56 Å². The van der Waals surface area contributed by atoms with Crippen LogP contribution in [0.15, 0.2) is 47.5 Å². The van der Waals surface area contributed by atoms with E-state index in [0.29, 0.717) is 36.7 Å². The number of guanidine groups is 1. The van der Waals surface area contributed by atoms with Crippen molar-refractivity contribution in [2.75, 3.05) is 27.3 Å². The molecule has 2 rings (SSSR count). The first kappa shape index (κ1) is 24.5. The number of amides is 1. The maximum atomic E-state index is 13.1. The zero-order chi connectivity index (χ0) is 20.4. The van der Waals surface area contributed by atoms with Gasteiger partial charge < -0.3 is 25.8 Å². The summed E-state index contributed by atoms with van der Waals surface area (Å²) in [7, 11) is 3.15. The van der Waals surface area contributed by atoms with Crippen molar-refractivity contribution in [3.8, 4) is 11.5 Å². The summed E-state index contributed by atoms with van der Waals surface area (Å²) in [6, 6.07) is 11.5. The summed E-state index contributed by atoms with van der Waals surface area (Å²) in [4.78, 5) is 16.1. The molecule has 158 valence electrons. The quantitative estimate of drug-likeness (QED) is 0.206. The average molecular weight is 516 g/mol. The van der Waals surface area contributed by atoms with Gasteiger partial charge in [0.25, 0.3) is 0 Å². The molecule has 0 spiro atoms. The van der Waals surface area contributed by atoms with Gasteiger partial charge in [0.2, 0.25) is 5.91 Å². The largest absolute Gasteiger partial charge is 0.493 e. The Bertz CT molecular complexity index is 833. The third kappa shape index (κ3) is 8.55. The second kappa shape index (κ2) is 12.8. The maximum Gasteiger partial charge on any atom is 0.224 e. The number of aliphatic imine (C=N–C) groups is 1. The van der Waals surface area contributed by atoms with E-state index in [9.17, 15) is 9.18 Å². The van der Waals surface area contributed by atoms with E-state index in [1.54, 1.807) is 32.4 Å². The zero-order valence-corrected chi connectivity index (χ0v) is 18.7. The summed E-state index contributed by atoms with van der Waals surface area (Å²) in [6.07, 6.45) is 0.126. The zero-order valence-electron chi connectivity index (χ0n) is 16.4. The Labute approximate surface area is 186 Å². The first-order valence-electron chi connectivity index (χ1n) is 8.77. The van der Waals surface area contributed by atoms with Crippen LogP contribution < -0.4 is 25.8 Å². The van der Waals surface area contributed by atoms with Crippen molar-refractivity contribution < 1.29 is 18.7 Å². The van der Waals surface area contributed by atoms with E-state index < -0.39 is 0 Å². The molecule has 0 bridgehead atoms. The summed E-state index contributed by atoms with van der Waals surface area (Å²) in [5.41, 5.74) is 7.38. The van der Waals surface area contributed by atoms with Crippen LogP contribution in [-0.4, -0.2) is 39.2 Å². The molecular weight excluding hydrogens is 490 g/mol. The third-order valence-electron chi connectivity index (χ3n) is 3.89. The van der Waals surface area contributed by atoms with Crippen LogP contribution in [0.25, 0.3) is 0 Å². The van der Waals surface area contributed by atoms with E-state index in [1.165, 1.54) is 12.1 Å². The van der Waals surface area contributed by atoms with Gasteiger partial charge in [-0.25, -0.2) is 9.38 Å². The molecule has 2 aromatic rings. The number of hydrogen-bond donors (Lipinski definition) is 3. The van der Waals surface area contributed by atoms with Gasteiger partial charge in [-0.15, -0.1) is 24.0 Å². The van der Waals surface area contributed by atoms with Gasteiger partial charge in [0, 0.05) is 13.1 Å². The first-order valence-corrected chi connectivity index (χ1v) is 8.77. The lowest BCUT2D eigenvalue weighted by Crippen LogP contribution is -2.38. The average Bonchev–Trinajstić information content (AvgIpc) is 2.69. The predicted molar refractivity (Wildman–Crippen MR) is 121 cm³/mol. The van der Waals surface area contributed by atoms with Gasteiger partial charge in [0.05, 0.1) is 27.2 Å². The standard InChI is InChI=1S/C20H25FN4O3.HI/c1-27-17-7-6-15(11-18(17)28-2)13-25-20(22)24-9-8-23-19(26)12-14-4-3-5-16(21)10-14;/h3-7,10-11H,8-9,12-13H2,1-2H3,(H,23,26)(H3,22,24,25);1H. The number of carbonyl (C=O) groups excluding carboxylic acids is 1. The summed E-state index contributed by atoms with van der Waals surface area (Å²) in [5.74, 6) is 1.01. The van der Waals surface area contributed by atoms with E-state index in [-0.39, 0.29) is 48.1 Å². The Hall–Kier alpha value is -2.56. The smallest absolute Gasteiger partial charge is 0.224 e. The van der Waals surface area contributed by atoms with Crippen LogP contribution in [0.3, 0.4) is 0 Å². The molecule has 1 amide bonds. The number of nitrogens with two attached hydrogens (primary N) is 1. The minimum absolute atomic E-state index is 0. The molecule has 4 N–H and O–H groups in total. The summed E-state index contributed by atoms with van der Waals surface area (Å²) >= 11 is 0. The van der Waals surface area contributed by atoms with Gasteiger partial charge in [0.15, 0.2) is 17.5 Å². The Kier molecular flexibility index (Phi) is 10.8. The Morgan fingerprint density at radius 3 is 2.45 bits per heavy atom. The first-order chi connectivity index (χ1) is 13.5. The van der Waals surface area contributed by atoms with Crippen molar-refractivity contribution in [1.29, 1.82) is 0 Å². The number of nitrogens with one attached hydrogen (secondary N) is 2. The monoisotopic (exact) mass is 516 g/mol. The van der Waals surface area contributed by atoms with Crippen molar-refractivity contribution in [2.45, 2.75) is 13.0 Å². The minimum Gasteiger partial charge on any atom is -0.493 e. The molecule has 0 aliphatic heterocycles. The van der Waals surface area contributed by atoms with Gasteiger partial charge >= 0.3 is 0 Å². The molecule has 7 nitrogen and oxygen atoms in total. The highest BCUT2D eigenvalue weighted by Crippen LogP contribution is 2.27. The number of carbonyl (C=O) groups is 1. The number of ether oxygens (including phenoxy) is 2. The molecule has 0 heterocycles. The van der Waals surface area contributed by atoms with Crippen molar-refractivity contribution in [3.05, 3.63) is 59.4 Å². The molecule has 2 aromatic carbocycles. The lowest BCUT2D eigenvalue weighted by molar-refractivity contribution is -0.120. The number of halogens is 2. The second-order valence-corrected chi connectivity index (χ2v) is 5.97. The molecule has 0 saturated carbocycles. The van der Waals surface area contributed by atoms with E-state index >= 15 is 0 Å². The maximum absolute atomic E-state index is 13.1.